The zero-order valence-corrected chi connectivity index (χ0v) is 19.6. The Kier molecular flexibility index (Phi) is 6.89. The van der Waals surface area contributed by atoms with E-state index in [-0.39, 0.29) is 11.8 Å². The van der Waals surface area contributed by atoms with Gasteiger partial charge in [-0.1, -0.05) is 29.8 Å². The summed E-state index contributed by atoms with van der Waals surface area (Å²) in [5.74, 6) is -0.299. The van der Waals surface area contributed by atoms with Crippen LogP contribution < -0.4 is 4.80 Å². The molecule has 3 aromatic rings. The van der Waals surface area contributed by atoms with Gasteiger partial charge >= 0.3 is 0 Å². The van der Waals surface area contributed by atoms with Gasteiger partial charge in [-0.2, -0.15) is 4.99 Å². The summed E-state index contributed by atoms with van der Waals surface area (Å²) < 4.78 is 7.35. The van der Waals surface area contributed by atoms with E-state index in [1.54, 1.807) is 24.3 Å². The van der Waals surface area contributed by atoms with Crippen molar-refractivity contribution in [3.8, 4) is 0 Å². The quantitative estimate of drug-likeness (QED) is 0.578. The van der Waals surface area contributed by atoms with E-state index in [4.69, 9.17) is 16.3 Å². The van der Waals surface area contributed by atoms with Crippen LogP contribution in [0.25, 0.3) is 0 Å². The van der Waals surface area contributed by atoms with Gasteiger partial charge in [-0.15, -0.1) is 11.3 Å². The number of aryl methyl sites for hydroxylation is 1. The molecular formula is C24H24ClN3O3S. The van der Waals surface area contributed by atoms with Crippen LogP contribution in [0.4, 0.5) is 0 Å². The Morgan fingerprint density at radius 1 is 1.06 bits per heavy atom. The van der Waals surface area contributed by atoms with Crippen LogP contribution in [0, 0.1) is 13.8 Å². The first-order valence-corrected chi connectivity index (χ1v) is 11.6. The lowest BCUT2D eigenvalue weighted by molar-refractivity contribution is 0.0303. The highest BCUT2D eigenvalue weighted by Gasteiger charge is 2.18. The number of hydrogen-bond acceptors (Lipinski definition) is 4. The van der Waals surface area contributed by atoms with Crippen LogP contribution in [0.15, 0.2) is 53.5 Å². The molecule has 1 aliphatic rings. The summed E-state index contributed by atoms with van der Waals surface area (Å²) in [5.41, 5.74) is 3.21. The van der Waals surface area contributed by atoms with Crippen LogP contribution in [0.2, 0.25) is 5.02 Å². The normalized spacial score (nSPS) is 14.6. The number of thiazole rings is 1. The van der Waals surface area contributed by atoms with E-state index < -0.39 is 0 Å². The van der Waals surface area contributed by atoms with Gasteiger partial charge in [-0.3, -0.25) is 9.59 Å². The summed E-state index contributed by atoms with van der Waals surface area (Å²) >= 11 is 7.50. The van der Waals surface area contributed by atoms with Gasteiger partial charge in [-0.05, 0) is 49.7 Å². The van der Waals surface area contributed by atoms with Crippen molar-refractivity contribution < 1.29 is 14.3 Å². The van der Waals surface area contributed by atoms with Crippen molar-refractivity contribution in [1.82, 2.24) is 9.47 Å². The van der Waals surface area contributed by atoms with Crippen LogP contribution in [0.3, 0.4) is 0 Å². The molecule has 0 saturated carbocycles. The van der Waals surface area contributed by atoms with E-state index in [0.29, 0.717) is 53.8 Å². The molecule has 2 aromatic carbocycles. The molecule has 1 aromatic heterocycles. The smallest absolute Gasteiger partial charge is 0.279 e. The molecule has 1 aliphatic heterocycles. The number of ether oxygens (including phenoxy) is 1. The summed E-state index contributed by atoms with van der Waals surface area (Å²) in [6.07, 6.45) is 0. The predicted molar refractivity (Wildman–Crippen MR) is 125 cm³/mol. The third kappa shape index (κ3) is 5.01. The van der Waals surface area contributed by atoms with E-state index >= 15 is 0 Å². The van der Waals surface area contributed by atoms with Crippen molar-refractivity contribution in [2.45, 2.75) is 20.4 Å². The second-order valence-corrected chi connectivity index (χ2v) is 9.26. The highest BCUT2D eigenvalue weighted by atomic mass is 35.5. The average Bonchev–Trinajstić information content (AvgIpc) is 3.07. The Labute approximate surface area is 195 Å². The number of carbonyl (C=O) groups excluding carboxylic acids is 2. The number of benzene rings is 2. The molecule has 0 atom stereocenters. The molecule has 8 heteroatoms. The second kappa shape index (κ2) is 9.81. The number of nitrogens with zero attached hydrogens (tertiary/aromatic N) is 3. The van der Waals surface area contributed by atoms with Crippen molar-refractivity contribution in [2.75, 3.05) is 26.3 Å². The minimum absolute atomic E-state index is 0.0258. The maximum absolute atomic E-state index is 12.7. The molecule has 0 aliphatic carbocycles. The van der Waals surface area contributed by atoms with Gasteiger partial charge in [0.2, 0.25) is 0 Å². The van der Waals surface area contributed by atoms with Gasteiger partial charge in [0.1, 0.15) is 0 Å². The molecule has 0 radical (unpaired) electrons. The zero-order valence-electron chi connectivity index (χ0n) is 18.0. The van der Waals surface area contributed by atoms with E-state index in [9.17, 15) is 9.59 Å². The minimum atomic E-state index is -0.325. The Morgan fingerprint density at radius 2 is 1.78 bits per heavy atom. The minimum Gasteiger partial charge on any atom is -0.378 e. The van der Waals surface area contributed by atoms with Crippen LogP contribution in [0.5, 0.6) is 0 Å². The summed E-state index contributed by atoms with van der Waals surface area (Å²) in [5, 5.41) is 0.504. The second-order valence-electron chi connectivity index (χ2n) is 7.64. The lowest BCUT2D eigenvalue weighted by Gasteiger charge is -2.26. The molecule has 0 bridgehead atoms. The number of hydrogen-bond donors (Lipinski definition) is 0. The first-order valence-electron chi connectivity index (χ1n) is 10.4. The summed E-state index contributed by atoms with van der Waals surface area (Å²) in [6.45, 7) is 7.00. The molecular weight excluding hydrogens is 446 g/mol. The maximum Gasteiger partial charge on any atom is 0.279 e. The standard InChI is InChI=1S/C24H24ClN3O3S/c1-16-17(2)32-24(26-22(29)20-4-3-5-21(25)14-20)28(16)15-18-6-8-19(9-7-18)23(30)27-10-12-31-13-11-27/h3-9,14H,10-13,15H2,1-2H3. The van der Waals surface area contributed by atoms with Gasteiger partial charge in [0.25, 0.3) is 11.8 Å². The first-order chi connectivity index (χ1) is 15.4. The number of rotatable bonds is 4. The number of halogens is 1. The third-order valence-corrected chi connectivity index (χ3v) is 6.83. The lowest BCUT2D eigenvalue weighted by Crippen LogP contribution is -2.40. The Hall–Kier alpha value is -2.74. The van der Waals surface area contributed by atoms with Crippen molar-refractivity contribution in [2.24, 2.45) is 4.99 Å². The fourth-order valence-corrected chi connectivity index (χ4v) is 4.69. The van der Waals surface area contributed by atoms with Crippen molar-refractivity contribution in [3.05, 3.63) is 85.6 Å². The van der Waals surface area contributed by atoms with Crippen LogP contribution in [0.1, 0.15) is 36.9 Å². The van der Waals surface area contributed by atoms with Gasteiger partial charge in [0, 0.05) is 39.8 Å². The fraction of sp³-hybridized carbons (Fsp3) is 0.292. The maximum atomic E-state index is 12.7. The number of carbonyl (C=O) groups is 2. The highest BCUT2D eigenvalue weighted by molar-refractivity contribution is 7.09. The molecule has 166 valence electrons. The molecule has 1 saturated heterocycles. The van der Waals surface area contributed by atoms with Crippen molar-refractivity contribution >= 4 is 34.8 Å². The van der Waals surface area contributed by atoms with Crippen molar-refractivity contribution in [1.29, 1.82) is 0 Å². The Bertz CT molecular complexity index is 1210. The van der Waals surface area contributed by atoms with E-state index in [0.717, 1.165) is 16.1 Å². The summed E-state index contributed by atoms with van der Waals surface area (Å²) in [6, 6.07) is 14.4. The van der Waals surface area contributed by atoms with Crippen LogP contribution >= 0.6 is 22.9 Å². The van der Waals surface area contributed by atoms with Crippen LogP contribution in [-0.4, -0.2) is 47.6 Å². The van der Waals surface area contributed by atoms with Gasteiger partial charge in [0.05, 0.1) is 19.8 Å². The number of morpholine rings is 1. The molecule has 6 nitrogen and oxygen atoms in total. The molecule has 0 unspecified atom stereocenters. The number of aromatic nitrogens is 1. The van der Waals surface area contributed by atoms with Crippen LogP contribution in [-0.2, 0) is 11.3 Å². The topological polar surface area (TPSA) is 63.9 Å². The van der Waals surface area contributed by atoms with E-state index in [1.165, 1.54) is 11.3 Å². The molecule has 2 heterocycles. The molecule has 32 heavy (non-hydrogen) atoms. The number of amides is 2. The molecule has 4 rings (SSSR count). The lowest BCUT2D eigenvalue weighted by atomic mass is 10.1. The largest absolute Gasteiger partial charge is 0.378 e. The molecule has 2 amide bonds. The predicted octanol–water partition coefficient (Wildman–Crippen LogP) is 4.08. The SMILES string of the molecule is Cc1sc(=NC(=O)c2cccc(Cl)c2)n(Cc2ccc(C(=O)N3CCOCC3)cc2)c1C. The van der Waals surface area contributed by atoms with E-state index in [1.807, 2.05) is 47.6 Å². The fourth-order valence-electron chi connectivity index (χ4n) is 3.53. The average molecular weight is 470 g/mol. The Morgan fingerprint density at radius 3 is 2.47 bits per heavy atom. The third-order valence-electron chi connectivity index (χ3n) is 5.50. The Balaban J connectivity index is 1.57. The molecule has 1 fully saturated rings. The van der Waals surface area contributed by atoms with Gasteiger partial charge < -0.3 is 14.2 Å². The van der Waals surface area contributed by atoms with Crippen molar-refractivity contribution in [3.63, 3.8) is 0 Å². The molecule has 0 N–H and O–H groups in total. The summed E-state index contributed by atoms with van der Waals surface area (Å²) in [4.78, 5) is 33.3. The highest BCUT2D eigenvalue weighted by Crippen LogP contribution is 2.16. The molecule has 0 spiro atoms. The monoisotopic (exact) mass is 469 g/mol. The van der Waals surface area contributed by atoms with Gasteiger partial charge in [-0.25, -0.2) is 0 Å². The van der Waals surface area contributed by atoms with Gasteiger partial charge in [0.15, 0.2) is 4.80 Å². The summed E-state index contributed by atoms with van der Waals surface area (Å²) in [7, 11) is 0. The first kappa shape index (κ1) is 22.5. The zero-order chi connectivity index (χ0) is 22.7. The van der Waals surface area contributed by atoms with E-state index in [2.05, 4.69) is 4.99 Å².